The molecule has 0 heterocycles. The summed E-state index contributed by atoms with van der Waals surface area (Å²) in [4.78, 5) is 24.4. The first-order valence-corrected chi connectivity index (χ1v) is 9.29. The van der Waals surface area contributed by atoms with Gasteiger partial charge in [0.25, 0.3) is 11.6 Å². The van der Waals surface area contributed by atoms with Crippen LogP contribution in [0.1, 0.15) is 10.4 Å². The highest BCUT2D eigenvalue weighted by Gasteiger charge is 2.18. The Kier molecular flexibility index (Phi) is 6.01. The van der Waals surface area contributed by atoms with Crippen LogP contribution in [0.15, 0.2) is 76.5 Å². The molecule has 0 spiro atoms. The first kappa shape index (κ1) is 19.2. The van der Waals surface area contributed by atoms with Gasteiger partial charge in [0.1, 0.15) is 0 Å². The van der Waals surface area contributed by atoms with Gasteiger partial charge in [-0.3, -0.25) is 14.9 Å². The largest absolute Gasteiger partial charge is 0.321 e. The lowest BCUT2D eigenvalue weighted by molar-refractivity contribution is -0.387. The standard InChI is InChI=1S/C19H12Cl2N2O3S/c20-12-9-10-18(16(11-12)23(25)26)27-17-8-4-3-7-15(17)22-19(24)13-5-1-2-6-14(13)21/h1-11H,(H,22,24). The fraction of sp³-hybridized carbons (Fsp3) is 0. The van der Waals surface area contributed by atoms with Gasteiger partial charge in [-0.25, -0.2) is 0 Å². The number of nitrogens with one attached hydrogen (secondary N) is 1. The van der Waals surface area contributed by atoms with Gasteiger partial charge in [-0.1, -0.05) is 59.2 Å². The van der Waals surface area contributed by atoms with Gasteiger partial charge in [-0.15, -0.1) is 0 Å². The number of nitro groups is 1. The van der Waals surface area contributed by atoms with Crippen molar-refractivity contribution in [2.45, 2.75) is 9.79 Å². The Hall–Kier alpha value is -2.54. The van der Waals surface area contributed by atoms with Crippen LogP contribution >= 0.6 is 35.0 Å². The zero-order valence-electron chi connectivity index (χ0n) is 13.7. The second-order valence-corrected chi connectivity index (χ2v) is 7.33. The van der Waals surface area contributed by atoms with Crippen molar-refractivity contribution < 1.29 is 9.72 Å². The highest BCUT2D eigenvalue weighted by molar-refractivity contribution is 7.99. The number of benzene rings is 3. The number of carbonyl (C=O) groups excluding carboxylic acids is 1. The molecule has 3 rings (SSSR count). The lowest BCUT2D eigenvalue weighted by Crippen LogP contribution is -2.13. The molecule has 0 fully saturated rings. The molecule has 1 N–H and O–H groups in total. The third-order valence-corrected chi connectivity index (χ3v) is 5.30. The maximum atomic E-state index is 12.5. The lowest BCUT2D eigenvalue weighted by atomic mass is 10.2. The van der Waals surface area contributed by atoms with Crippen LogP contribution in [-0.4, -0.2) is 10.8 Å². The van der Waals surface area contributed by atoms with Gasteiger partial charge in [0, 0.05) is 16.0 Å². The SMILES string of the molecule is O=C(Nc1ccccc1Sc1ccc(Cl)cc1[N+](=O)[O-])c1ccccc1Cl. The molecule has 0 aliphatic carbocycles. The second kappa shape index (κ2) is 8.43. The molecule has 0 saturated carbocycles. The van der Waals surface area contributed by atoms with Crippen molar-refractivity contribution in [3.63, 3.8) is 0 Å². The minimum atomic E-state index is -0.487. The van der Waals surface area contributed by atoms with Gasteiger partial charge in [0.2, 0.25) is 0 Å². The summed E-state index contributed by atoms with van der Waals surface area (Å²) in [6.45, 7) is 0. The summed E-state index contributed by atoms with van der Waals surface area (Å²) < 4.78 is 0. The smallest absolute Gasteiger partial charge is 0.284 e. The molecular weight excluding hydrogens is 407 g/mol. The van der Waals surface area contributed by atoms with Gasteiger partial charge in [-0.05, 0) is 36.4 Å². The molecule has 0 aliphatic heterocycles. The molecule has 0 aliphatic rings. The van der Waals surface area contributed by atoms with Crippen LogP contribution in [0.3, 0.4) is 0 Å². The Balaban J connectivity index is 1.91. The molecule has 0 aromatic heterocycles. The highest BCUT2D eigenvalue weighted by atomic mass is 35.5. The van der Waals surface area contributed by atoms with Gasteiger partial charge in [0.15, 0.2) is 0 Å². The summed E-state index contributed by atoms with van der Waals surface area (Å²) in [6, 6.07) is 18.2. The van der Waals surface area contributed by atoms with E-state index in [0.29, 0.717) is 26.1 Å². The molecule has 27 heavy (non-hydrogen) atoms. The van der Waals surface area contributed by atoms with Crippen molar-refractivity contribution in [1.82, 2.24) is 0 Å². The molecular formula is C19H12Cl2N2O3S. The summed E-state index contributed by atoms with van der Waals surface area (Å²) in [5.41, 5.74) is 0.771. The first-order chi connectivity index (χ1) is 13.0. The molecule has 3 aromatic carbocycles. The van der Waals surface area contributed by atoms with E-state index in [1.165, 1.54) is 17.8 Å². The van der Waals surface area contributed by atoms with Gasteiger partial charge in [-0.2, -0.15) is 0 Å². The van der Waals surface area contributed by atoms with Crippen LogP contribution in [0.2, 0.25) is 10.0 Å². The first-order valence-electron chi connectivity index (χ1n) is 7.72. The van der Waals surface area contributed by atoms with Crippen molar-refractivity contribution in [3.05, 3.63) is 92.5 Å². The molecule has 0 saturated heterocycles. The lowest BCUT2D eigenvalue weighted by Gasteiger charge is -2.11. The Bertz CT molecular complexity index is 1030. The van der Waals surface area contributed by atoms with Crippen molar-refractivity contribution in [3.8, 4) is 0 Å². The van der Waals surface area contributed by atoms with Crippen LogP contribution in [0.5, 0.6) is 0 Å². The fourth-order valence-electron chi connectivity index (χ4n) is 2.33. The predicted molar refractivity (Wildman–Crippen MR) is 108 cm³/mol. The van der Waals surface area contributed by atoms with E-state index < -0.39 is 4.92 Å². The maximum absolute atomic E-state index is 12.5. The summed E-state index contributed by atoms with van der Waals surface area (Å²) in [5.74, 6) is -0.362. The number of halogens is 2. The van der Waals surface area contributed by atoms with E-state index in [1.807, 2.05) is 0 Å². The van der Waals surface area contributed by atoms with Crippen LogP contribution in [0, 0.1) is 10.1 Å². The number of amides is 1. The molecule has 8 heteroatoms. The monoisotopic (exact) mass is 418 g/mol. The number of hydrogen-bond donors (Lipinski definition) is 1. The third-order valence-electron chi connectivity index (χ3n) is 3.59. The summed E-state index contributed by atoms with van der Waals surface area (Å²) in [6.07, 6.45) is 0. The molecule has 0 unspecified atom stereocenters. The fourth-order valence-corrected chi connectivity index (χ4v) is 3.71. The Labute approximate surface area is 169 Å². The van der Waals surface area contributed by atoms with Crippen molar-refractivity contribution in [2.75, 3.05) is 5.32 Å². The third kappa shape index (κ3) is 4.60. The average Bonchev–Trinajstić information content (AvgIpc) is 2.64. The van der Waals surface area contributed by atoms with Crippen LogP contribution in [0.4, 0.5) is 11.4 Å². The molecule has 3 aromatic rings. The number of para-hydroxylation sites is 1. The zero-order valence-corrected chi connectivity index (χ0v) is 16.0. The number of nitrogens with zero attached hydrogens (tertiary/aromatic N) is 1. The van der Waals surface area contributed by atoms with Crippen LogP contribution < -0.4 is 5.32 Å². The quantitative estimate of drug-likeness (QED) is 0.389. The Morgan fingerprint density at radius 2 is 1.67 bits per heavy atom. The minimum Gasteiger partial charge on any atom is -0.321 e. The Morgan fingerprint density at radius 1 is 0.963 bits per heavy atom. The van der Waals surface area contributed by atoms with E-state index in [9.17, 15) is 14.9 Å². The van der Waals surface area contributed by atoms with Crippen LogP contribution in [0.25, 0.3) is 0 Å². The van der Waals surface area contributed by atoms with E-state index >= 15 is 0 Å². The molecule has 136 valence electrons. The molecule has 0 bridgehead atoms. The normalized spacial score (nSPS) is 10.4. The summed E-state index contributed by atoms with van der Waals surface area (Å²) in [5, 5.41) is 14.7. The maximum Gasteiger partial charge on any atom is 0.284 e. The van der Waals surface area contributed by atoms with Crippen molar-refractivity contribution >= 4 is 52.2 Å². The van der Waals surface area contributed by atoms with Gasteiger partial charge < -0.3 is 5.32 Å². The van der Waals surface area contributed by atoms with E-state index in [2.05, 4.69) is 5.32 Å². The highest BCUT2D eigenvalue weighted by Crippen LogP contribution is 2.39. The van der Waals surface area contributed by atoms with E-state index in [4.69, 9.17) is 23.2 Å². The van der Waals surface area contributed by atoms with Crippen molar-refractivity contribution in [1.29, 1.82) is 0 Å². The number of anilines is 1. The number of rotatable bonds is 5. The molecule has 1 amide bonds. The number of carbonyl (C=O) groups is 1. The van der Waals surface area contributed by atoms with Gasteiger partial charge >= 0.3 is 0 Å². The van der Waals surface area contributed by atoms with E-state index in [-0.39, 0.29) is 16.6 Å². The van der Waals surface area contributed by atoms with E-state index in [0.717, 1.165) is 0 Å². The van der Waals surface area contributed by atoms with Crippen LogP contribution in [-0.2, 0) is 0 Å². The molecule has 0 atom stereocenters. The number of nitro benzene ring substituents is 1. The topological polar surface area (TPSA) is 72.2 Å². The Morgan fingerprint density at radius 3 is 2.41 bits per heavy atom. The zero-order chi connectivity index (χ0) is 19.4. The van der Waals surface area contributed by atoms with Crippen molar-refractivity contribution in [2.24, 2.45) is 0 Å². The predicted octanol–water partition coefficient (Wildman–Crippen LogP) is 6.31. The minimum absolute atomic E-state index is 0.0975. The molecule has 0 radical (unpaired) electrons. The number of hydrogen-bond acceptors (Lipinski definition) is 4. The summed E-state index contributed by atoms with van der Waals surface area (Å²) >= 11 is 13.1. The second-order valence-electron chi connectivity index (χ2n) is 5.40. The van der Waals surface area contributed by atoms with Gasteiger partial charge in [0.05, 0.1) is 26.1 Å². The average molecular weight is 419 g/mol. The molecule has 5 nitrogen and oxygen atoms in total. The van der Waals surface area contributed by atoms with E-state index in [1.54, 1.807) is 60.7 Å². The summed E-state index contributed by atoms with van der Waals surface area (Å²) in [7, 11) is 0.